The van der Waals surface area contributed by atoms with E-state index in [4.69, 9.17) is 9.94 Å². The number of nitrogens with one attached hydrogen (secondary N) is 2. The predicted molar refractivity (Wildman–Crippen MR) is 107 cm³/mol. The molecule has 1 aromatic heterocycles. The molecule has 0 aliphatic carbocycles. The number of carbonyl (C=O) groups excluding carboxylic acids is 1. The van der Waals surface area contributed by atoms with E-state index in [1.807, 2.05) is 30.3 Å². The largest absolute Gasteiger partial charge is 0.497 e. The third-order valence-corrected chi connectivity index (χ3v) is 6.47. The van der Waals surface area contributed by atoms with Crippen LogP contribution in [0.15, 0.2) is 64.9 Å². The number of hydroxylamine groups is 1. The lowest BCUT2D eigenvalue weighted by molar-refractivity contribution is 0.0707. The van der Waals surface area contributed by atoms with E-state index in [1.54, 1.807) is 10.9 Å². The molecular formula is C19H18N2O5S2. The van der Waals surface area contributed by atoms with Crippen molar-refractivity contribution in [2.45, 2.75) is 11.3 Å². The fraction of sp³-hybridized carbons (Fsp3) is 0.105. The van der Waals surface area contributed by atoms with Crippen molar-refractivity contribution >= 4 is 32.3 Å². The molecule has 3 aromatic rings. The molecule has 9 heteroatoms. The number of anilines is 1. The Morgan fingerprint density at radius 3 is 2.39 bits per heavy atom. The second-order valence-corrected chi connectivity index (χ2v) is 8.41. The monoisotopic (exact) mass is 418 g/mol. The molecule has 2 aromatic carbocycles. The lowest BCUT2D eigenvalue weighted by Crippen LogP contribution is -2.22. The third kappa shape index (κ3) is 4.33. The molecular weight excluding hydrogens is 400 g/mol. The molecule has 0 atom stereocenters. The molecule has 0 spiro atoms. The van der Waals surface area contributed by atoms with Crippen molar-refractivity contribution in [3.05, 3.63) is 76.7 Å². The lowest BCUT2D eigenvalue weighted by atomic mass is 10.0. The molecule has 1 amide bonds. The molecule has 0 saturated carbocycles. The summed E-state index contributed by atoms with van der Waals surface area (Å²) in [6, 6.07) is 15.3. The van der Waals surface area contributed by atoms with Crippen LogP contribution in [0.3, 0.4) is 0 Å². The zero-order chi connectivity index (χ0) is 20.1. The number of thiophene rings is 1. The molecule has 3 rings (SSSR count). The Kier molecular flexibility index (Phi) is 5.98. The zero-order valence-electron chi connectivity index (χ0n) is 14.9. The normalized spacial score (nSPS) is 11.1. The average Bonchev–Trinajstić information content (AvgIpc) is 3.09. The van der Waals surface area contributed by atoms with Crippen LogP contribution in [-0.2, 0) is 16.4 Å². The summed E-state index contributed by atoms with van der Waals surface area (Å²) in [7, 11) is -2.43. The Labute approximate surface area is 166 Å². The number of rotatable bonds is 7. The van der Waals surface area contributed by atoms with Gasteiger partial charge >= 0.3 is 0 Å². The van der Waals surface area contributed by atoms with Crippen molar-refractivity contribution in [3.8, 4) is 5.75 Å². The number of ether oxygens (including phenoxy) is 1. The maximum Gasteiger partial charge on any atom is 0.277 e. The van der Waals surface area contributed by atoms with E-state index in [1.165, 1.54) is 31.4 Å². The van der Waals surface area contributed by atoms with Gasteiger partial charge in [-0.3, -0.25) is 14.7 Å². The first-order chi connectivity index (χ1) is 13.4. The summed E-state index contributed by atoms with van der Waals surface area (Å²) in [6.45, 7) is 0. The minimum Gasteiger partial charge on any atom is -0.497 e. The minimum absolute atomic E-state index is 0.0293. The highest BCUT2D eigenvalue weighted by atomic mass is 32.2. The number of carbonyl (C=O) groups is 1. The molecule has 0 aliphatic rings. The zero-order valence-corrected chi connectivity index (χ0v) is 16.5. The molecule has 0 radical (unpaired) electrons. The number of amides is 1. The van der Waals surface area contributed by atoms with Gasteiger partial charge in [-0.15, -0.1) is 11.3 Å². The minimum atomic E-state index is -3.92. The quantitative estimate of drug-likeness (QED) is 0.403. The summed E-state index contributed by atoms with van der Waals surface area (Å²) >= 11 is 1.08. The molecule has 3 N–H and O–H groups in total. The molecule has 0 fully saturated rings. The van der Waals surface area contributed by atoms with Gasteiger partial charge in [0.1, 0.15) is 10.8 Å². The standard InChI is InChI=1S/C19H18N2O5S2/c1-26-15-7-9-16(10-8-15)28(24,25)21-19-17(18(22)20-23)14(12-27-19)11-13-5-3-2-4-6-13/h2-10,12,21,23H,11H2,1H3,(H,20,22). The Morgan fingerprint density at radius 2 is 1.79 bits per heavy atom. The summed E-state index contributed by atoms with van der Waals surface area (Å²) in [5.74, 6) is -0.250. The van der Waals surface area contributed by atoms with Gasteiger partial charge < -0.3 is 4.74 Å². The summed E-state index contributed by atoms with van der Waals surface area (Å²) < 4.78 is 32.9. The second-order valence-electron chi connectivity index (χ2n) is 5.85. The van der Waals surface area contributed by atoms with Gasteiger partial charge in [-0.05, 0) is 47.2 Å². The summed E-state index contributed by atoms with van der Waals surface area (Å²) in [5.41, 5.74) is 3.24. The van der Waals surface area contributed by atoms with Gasteiger partial charge in [-0.1, -0.05) is 30.3 Å². The van der Waals surface area contributed by atoms with E-state index < -0.39 is 15.9 Å². The van der Waals surface area contributed by atoms with Crippen molar-refractivity contribution in [2.75, 3.05) is 11.8 Å². The number of methoxy groups -OCH3 is 1. The van der Waals surface area contributed by atoms with E-state index >= 15 is 0 Å². The van der Waals surface area contributed by atoms with Crippen LogP contribution in [-0.4, -0.2) is 26.6 Å². The summed E-state index contributed by atoms with van der Waals surface area (Å²) in [6.07, 6.45) is 0.421. The highest BCUT2D eigenvalue weighted by molar-refractivity contribution is 7.93. The molecule has 0 bridgehead atoms. The van der Waals surface area contributed by atoms with Crippen molar-refractivity contribution in [2.24, 2.45) is 0 Å². The lowest BCUT2D eigenvalue weighted by Gasteiger charge is -2.10. The van der Waals surface area contributed by atoms with E-state index in [0.717, 1.165) is 16.9 Å². The van der Waals surface area contributed by atoms with Crippen LogP contribution in [0.25, 0.3) is 0 Å². The molecule has 0 aliphatic heterocycles. The Bertz CT molecular complexity index is 1060. The predicted octanol–water partition coefficient (Wildman–Crippen LogP) is 3.27. The van der Waals surface area contributed by atoms with Crippen LogP contribution < -0.4 is 14.9 Å². The van der Waals surface area contributed by atoms with Gasteiger partial charge in [-0.25, -0.2) is 13.9 Å². The SMILES string of the molecule is COc1ccc(S(=O)(=O)Nc2scc(Cc3ccccc3)c2C(=O)NO)cc1. The highest BCUT2D eigenvalue weighted by Crippen LogP contribution is 2.32. The maximum atomic E-state index is 12.7. The molecule has 146 valence electrons. The van der Waals surface area contributed by atoms with Gasteiger partial charge in [0.05, 0.1) is 17.6 Å². The molecule has 0 saturated heterocycles. The van der Waals surface area contributed by atoms with Crippen molar-refractivity contribution in [1.82, 2.24) is 5.48 Å². The first-order valence-electron chi connectivity index (χ1n) is 8.20. The van der Waals surface area contributed by atoms with Crippen LogP contribution in [0.2, 0.25) is 0 Å². The first-order valence-corrected chi connectivity index (χ1v) is 10.6. The van der Waals surface area contributed by atoms with Crippen molar-refractivity contribution < 1.29 is 23.2 Å². The molecule has 28 heavy (non-hydrogen) atoms. The van der Waals surface area contributed by atoms with E-state index in [0.29, 0.717) is 17.7 Å². The van der Waals surface area contributed by atoms with Crippen LogP contribution in [0.1, 0.15) is 21.5 Å². The third-order valence-electron chi connectivity index (χ3n) is 4.03. The van der Waals surface area contributed by atoms with E-state index in [9.17, 15) is 13.2 Å². The van der Waals surface area contributed by atoms with Gasteiger partial charge in [0, 0.05) is 0 Å². The fourth-order valence-corrected chi connectivity index (χ4v) is 4.94. The van der Waals surface area contributed by atoms with Gasteiger partial charge in [-0.2, -0.15) is 0 Å². The molecule has 0 unspecified atom stereocenters. The number of sulfonamides is 1. The summed E-state index contributed by atoms with van der Waals surface area (Å²) in [4.78, 5) is 12.2. The molecule has 7 nitrogen and oxygen atoms in total. The fourth-order valence-electron chi connectivity index (χ4n) is 2.66. The first kappa shape index (κ1) is 19.9. The van der Waals surface area contributed by atoms with Crippen LogP contribution in [0.5, 0.6) is 5.75 Å². The Morgan fingerprint density at radius 1 is 1.11 bits per heavy atom. The average molecular weight is 418 g/mol. The second kappa shape index (κ2) is 8.42. The highest BCUT2D eigenvalue weighted by Gasteiger charge is 2.23. The van der Waals surface area contributed by atoms with Gasteiger partial charge in [0.15, 0.2) is 0 Å². The van der Waals surface area contributed by atoms with E-state index in [-0.39, 0.29) is 15.5 Å². The van der Waals surface area contributed by atoms with E-state index in [2.05, 4.69) is 4.72 Å². The summed E-state index contributed by atoms with van der Waals surface area (Å²) in [5, 5.41) is 10.9. The van der Waals surface area contributed by atoms with Gasteiger partial charge in [0.2, 0.25) is 0 Å². The Hall–Kier alpha value is -2.88. The topological polar surface area (TPSA) is 105 Å². The molecule has 1 heterocycles. The number of hydrogen-bond acceptors (Lipinski definition) is 6. The Balaban J connectivity index is 1.93. The number of hydrogen-bond donors (Lipinski definition) is 3. The maximum absolute atomic E-state index is 12.7. The van der Waals surface area contributed by atoms with Gasteiger partial charge in [0.25, 0.3) is 15.9 Å². The number of benzene rings is 2. The van der Waals surface area contributed by atoms with Crippen LogP contribution in [0, 0.1) is 0 Å². The van der Waals surface area contributed by atoms with Crippen molar-refractivity contribution in [1.29, 1.82) is 0 Å². The van der Waals surface area contributed by atoms with Crippen LogP contribution >= 0.6 is 11.3 Å². The van der Waals surface area contributed by atoms with Crippen LogP contribution in [0.4, 0.5) is 5.00 Å². The smallest absolute Gasteiger partial charge is 0.277 e. The van der Waals surface area contributed by atoms with Crippen molar-refractivity contribution in [3.63, 3.8) is 0 Å².